The zero-order valence-corrected chi connectivity index (χ0v) is 12.7. The number of hydrogen-bond acceptors (Lipinski definition) is 4. The van der Waals surface area contributed by atoms with Crippen LogP contribution < -0.4 is 0 Å². The molecule has 5 heteroatoms. The molecule has 1 aliphatic heterocycles. The largest absolute Gasteiger partial charge is 0.476 e. The van der Waals surface area contributed by atoms with Crippen molar-refractivity contribution in [1.29, 1.82) is 0 Å². The minimum absolute atomic E-state index is 0.0269. The standard InChI is InChI=1S/C17H20N2O3/c1-2-12-3-5-13(6-4-12)14-7-8-19(9-14)10-16-18-15(11-22-16)17(20)21/h3-6,11,14H,2,7-10H2,1H3,(H,20,21). The lowest BCUT2D eigenvalue weighted by molar-refractivity contribution is 0.0690. The van der Waals surface area contributed by atoms with E-state index in [4.69, 9.17) is 9.52 Å². The second kappa shape index (κ2) is 6.32. The van der Waals surface area contributed by atoms with E-state index < -0.39 is 5.97 Å². The van der Waals surface area contributed by atoms with Gasteiger partial charge in [-0.25, -0.2) is 9.78 Å². The van der Waals surface area contributed by atoms with Crippen LogP contribution in [0, 0.1) is 0 Å². The lowest BCUT2D eigenvalue weighted by Crippen LogP contribution is -2.20. The zero-order valence-electron chi connectivity index (χ0n) is 12.7. The molecular weight excluding hydrogens is 280 g/mol. The highest BCUT2D eigenvalue weighted by Gasteiger charge is 2.25. The van der Waals surface area contributed by atoms with Crippen LogP contribution in [0.2, 0.25) is 0 Å². The van der Waals surface area contributed by atoms with Gasteiger partial charge in [-0.15, -0.1) is 0 Å². The van der Waals surface area contributed by atoms with Crippen LogP contribution in [0.25, 0.3) is 0 Å². The summed E-state index contributed by atoms with van der Waals surface area (Å²) in [6, 6.07) is 8.85. The Bertz CT molecular complexity index is 648. The van der Waals surface area contributed by atoms with Gasteiger partial charge in [0.25, 0.3) is 0 Å². The van der Waals surface area contributed by atoms with Crippen molar-refractivity contribution < 1.29 is 14.3 Å². The van der Waals surface area contributed by atoms with Crippen LogP contribution in [-0.2, 0) is 13.0 Å². The number of carboxylic acids is 1. The summed E-state index contributed by atoms with van der Waals surface area (Å²) >= 11 is 0. The van der Waals surface area contributed by atoms with Crippen molar-refractivity contribution in [3.63, 3.8) is 0 Å². The lowest BCUT2D eigenvalue weighted by Gasteiger charge is -2.14. The molecule has 1 saturated heterocycles. The van der Waals surface area contributed by atoms with Crippen molar-refractivity contribution >= 4 is 5.97 Å². The van der Waals surface area contributed by atoms with E-state index in [1.807, 2.05) is 0 Å². The third kappa shape index (κ3) is 3.20. The third-order valence-corrected chi connectivity index (χ3v) is 4.26. The fourth-order valence-corrected chi connectivity index (χ4v) is 2.95. The van der Waals surface area contributed by atoms with Gasteiger partial charge in [-0.1, -0.05) is 31.2 Å². The number of aromatic carboxylic acids is 1. The van der Waals surface area contributed by atoms with Gasteiger partial charge in [0, 0.05) is 6.54 Å². The first-order chi connectivity index (χ1) is 10.7. The Labute approximate surface area is 129 Å². The van der Waals surface area contributed by atoms with E-state index in [2.05, 4.69) is 41.1 Å². The maximum atomic E-state index is 10.8. The van der Waals surface area contributed by atoms with E-state index in [-0.39, 0.29) is 5.69 Å². The molecule has 3 rings (SSSR count). The Morgan fingerprint density at radius 2 is 2.18 bits per heavy atom. The molecule has 116 valence electrons. The first-order valence-electron chi connectivity index (χ1n) is 7.64. The molecule has 0 bridgehead atoms. The average Bonchev–Trinajstić information content (AvgIpc) is 3.17. The number of benzene rings is 1. The minimum Gasteiger partial charge on any atom is -0.476 e. The van der Waals surface area contributed by atoms with Crippen molar-refractivity contribution in [3.05, 3.63) is 53.2 Å². The molecule has 1 unspecified atom stereocenters. The SMILES string of the molecule is CCc1ccc(C2CCN(Cc3nc(C(=O)O)co3)C2)cc1. The fraction of sp³-hybridized carbons (Fsp3) is 0.412. The summed E-state index contributed by atoms with van der Waals surface area (Å²) < 4.78 is 5.23. The molecule has 0 radical (unpaired) electrons. The summed E-state index contributed by atoms with van der Waals surface area (Å²) in [6.45, 7) is 4.66. The molecule has 0 saturated carbocycles. The van der Waals surface area contributed by atoms with E-state index in [1.165, 1.54) is 17.4 Å². The second-order valence-corrected chi connectivity index (χ2v) is 5.75. The van der Waals surface area contributed by atoms with Gasteiger partial charge in [0.05, 0.1) is 6.54 Å². The molecule has 5 nitrogen and oxygen atoms in total. The van der Waals surface area contributed by atoms with Crippen LogP contribution in [0.15, 0.2) is 34.9 Å². The van der Waals surface area contributed by atoms with Crippen LogP contribution in [0.4, 0.5) is 0 Å². The maximum Gasteiger partial charge on any atom is 0.357 e. The number of aromatic nitrogens is 1. The minimum atomic E-state index is -1.05. The van der Waals surface area contributed by atoms with Gasteiger partial charge in [0.15, 0.2) is 5.69 Å². The monoisotopic (exact) mass is 300 g/mol. The van der Waals surface area contributed by atoms with E-state index in [0.29, 0.717) is 18.4 Å². The van der Waals surface area contributed by atoms with Crippen molar-refractivity contribution in [2.75, 3.05) is 13.1 Å². The number of rotatable bonds is 5. The molecule has 0 spiro atoms. The van der Waals surface area contributed by atoms with E-state index >= 15 is 0 Å². The van der Waals surface area contributed by atoms with Crippen LogP contribution in [-0.4, -0.2) is 34.0 Å². The molecule has 1 aromatic heterocycles. The van der Waals surface area contributed by atoms with Gasteiger partial charge in [0.2, 0.25) is 5.89 Å². The summed E-state index contributed by atoms with van der Waals surface area (Å²) in [7, 11) is 0. The predicted octanol–water partition coefficient (Wildman–Crippen LogP) is 2.92. The smallest absolute Gasteiger partial charge is 0.357 e. The summed E-state index contributed by atoms with van der Waals surface area (Å²) in [5, 5.41) is 8.86. The van der Waals surface area contributed by atoms with Crippen LogP contribution in [0.3, 0.4) is 0 Å². The molecule has 2 aromatic rings. The molecular formula is C17H20N2O3. The van der Waals surface area contributed by atoms with Crippen molar-refractivity contribution in [2.45, 2.75) is 32.2 Å². The molecule has 1 N–H and O–H groups in total. The van der Waals surface area contributed by atoms with E-state index in [0.717, 1.165) is 25.9 Å². The zero-order chi connectivity index (χ0) is 15.5. The van der Waals surface area contributed by atoms with Crippen molar-refractivity contribution in [2.24, 2.45) is 0 Å². The van der Waals surface area contributed by atoms with Gasteiger partial charge < -0.3 is 9.52 Å². The normalized spacial score (nSPS) is 18.7. The van der Waals surface area contributed by atoms with Crippen molar-refractivity contribution in [3.8, 4) is 0 Å². The molecule has 1 fully saturated rings. The summed E-state index contributed by atoms with van der Waals surface area (Å²) in [5.41, 5.74) is 2.71. The Hall–Kier alpha value is -2.14. The van der Waals surface area contributed by atoms with Gasteiger partial charge in [0.1, 0.15) is 6.26 Å². The highest BCUT2D eigenvalue weighted by Crippen LogP contribution is 2.28. The molecule has 0 amide bonds. The molecule has 2 heterocycles. The van der Waals surface area contributed by atoms with E-state index in [9.17, 15) is 4.79 Å². The number of carboxylic acid groups (broad SMARTS) is 1. The number of nitrogens with zero attached hydrogens (tertiary/aromatic N) is 2. The molecule has 1 atom stereocenters. The maximum absolute atomic E-state index is 10.8. The number of likely N-dealkylation sites (tertiary alicyclic amines) is 1. The van der Waals surface area contributed by atoms with Gasteiger partial charge >= 0.3 is 5.97 Å². The van der Waals surface area contributed by atoms with Gasteiger partial charge in [-0.2, -0.15) is 0 Å². The van der Waals surface area contributed by atoms with Gasteiger partial charge in [-0.3, -0.25) is 4.90 Å². The van der Waals surface area contributed by atoms with Crippen LogP contribution in [0.1, 0.15) is 46.8 Å². The summed E-state index contributed by atoms with van der Waals surface area (Å²) in [6.07, 6.45) is 3.37. The Balaban J connectivity index is 1.60. The fourth-order valence-electron chi connectivity index (χ4n) is 2.95. The molecule has 1 aliphatic rings. The Morgan fingerprint density at radius 1 is 1.41 bits per heavy atom. The lowest BCUT2D eigenvalue weighted by atomic mass is 9.97. The first-order valence-corrected chi connectivity index (χ1v) is 7.64. The topological polar surface area (TPSA) is 66.6 Å². The summed E-state index contributed by atoms with van der Waals surface area (Å²) in [4.78, 5) is 17.1. The highest BCUT2D eigenvalue weighted by molar-refractivity contribution is 5.84. The number of hydrogen-bond donors (Lipinski definition) is 1. The summed E-state index contributed by atoms with van der Waals surface area (Å²) in [5.74, 6) is -0.0514. The second-order valence-electron chi connectivity index (χ2n) is 5.75. The number of oxazole rings is 1. The highest BCUT2D eigenvalue weighted by atomic mass is 16.4. The first kappa shape index (κ1) is 14.8. The molecule has 1 aromatic carbocycles. The average molecular weight is 300 g/mol. The van der Waals surface area contributed by atoms with Crippen molar-refractivity contribution in [1.82, 2.24) is 9.88 Å². The van der Waals surface area contributed by atoms with Gasteiger partial charge in [-0.05, 0) is 36.4 Å². The molecule has 0 aliphatic carbocycles. The quantitative estimate of drug-likeness (QED) is 0.919. The van der Waals surface area contributed by atoms with Crippen LogP contribution in [0.5, 0.6) is 0 Å². The Morgan fingerprint density at radius 3 is 2.82 bits per heavy atom. The predicted molar refractivity (Wildman–Crippen MR) is 81.9 cm³/mol. The van der Waals surface area contributed by atoms with E-state index in [1.54, 1.807) is 0 Å². The number of aryl methyl sites for hydroxylation is 1. The Kier molecular flexibility index (Phi) is 4.24. The number of carbonyl (C=O) groups is 1. The van der Waals surface area contributed by atoms with Crippen LogP contribution >= 0.6 is 0 Å². The molecule has 22 heavy (non-hydrogen) atoms. The third-order valence-electron chi connectivity index (χ3n) is 4.26.